The van der Waals surface area contributed by atoms with E-state index in [-0.39, 0.29) is 0 Å². The van der Waals surface area contributed by atoms with Gasteiger partial charge in [-0.05, 0) is 18.6 Å². The Morgan fingerprint density at radius 1 is 1.31 bits per heavy atom. The van der Waals surface area contributed by atoms with Crippen LogP contribution in [0.3, 0.4) is 0 Å². The second-order valence-electron chi connectivity index (χ2n) is 2.99. The average molecular weight is 173 g/mol. The van der Waals surface area contributed by atoms with E-state index in [9.17, 15) is 0 Å². The molecule has 3 heteroatoms. The fourth-order valence-electron chi connectivity index (χ4n) is 1.32. The smallest absolute Gasteiger partial charge is 0.141 e. The Balaban J connectivity index is 2.52. The van der Waals surface area contributed by atoms with Crippen molar-refractivity contribution in [2.45, 2.75) is 6.92 Å². The lowest BCUT2D eigenvalue weighted by atomic mass is 10.2. The maximum Gasteiger partial charge on any atom is 0.141 e. The summed E-state index contributed by atoms with van der Waals surface area (Å²) in [4.78, 5) is 3.97. The number of nitrogens with zero attached hydrogens (tertiary/aromatic N) is 2. The molecule has 3 nitrogen and oxygen atoms in total. The molecule has 2 rings (SSSR count). The van der Waals surface area contributed by atoms with Gasteiger partial charge in [-0.1, -0.05) is 18.2 Å². The molecule has 0 atom stereocenters. The van der Waals surface area contributed by atoms with Gasteiger partial charge in [-0.15, -0.1) is 0 Å². The quantitative estimate of drug-likeness (QED) is 0.714. The van der Waals surface area contributed by atoms with Crippen molar-refractivity contribution in [2.75, 3.05) is 5.73 Å². The molecule has 0 bridgehead atoms. The standard InChI is InChI=1S/C10H11N3/c1-8-4-2-3-5-9(8)13-6-10(11)12-7-13/h2-7H,11H2,1H3. The highest BCUT2D eigenvalue weighted by molar-refractivity contribution is 5.42. The van der Waals surface area contributed by atoms with Crippen LogP contribution in [0.25, 0.3) is 5.69 Å². The predicted octanol–water partition coefficient (Wildman–Crippen LogP) is 1.76. The third-order valence-corrected chi connectivity index (χ3v) is 2.00. The zero-order chi connectivity index (χ0) is 9.26. The van der Waals surface area contributed by atoms with Crippen molar-refractivity contribution < 1.29 is 0 Å². The van der Waals surface area contributed by atoms with Crippen molar-refractivity contribution in [3.63, 3.8) is 0 Å². The van der Waals surface area contributed by atoms with Gasteiger partial charge in [-0.25, -0.2) is 4.98 Å². The Bertz CT molecular complexity index is 418. The van der Waals surface area contributed by atoms with Crippen molar-refractivity contribution in [1.29, 1.82) is 0 Å². The van der Waals surface area contributed by atoms with E-state index in [4.69, 9.17) is 5.73 Å². The second-order valence-corrected chi connectivity index (χ2v) is 2.99. The summed E-state index contributed by atoms with van der Waals surface area (Å²) in [5.74, 6) is 0.545. The Hall–Kier alpha value is -1.77. The van der Waals surface area contributed by atoms with E-state index in [0.717, 1.165) is 5.69 Å². The third kappa shape index (κ3) is 1.40. The number of nitrogen functional groups attached to an aromatic ring is 1. The van der Waals surface area contributed by atoms with Gasteiger partial charge in [0.1, 0.15) is 12.1 Å². The van der Waals surface area contributed by atoms with Gasteiger partial charge in [0.05, 0.1) is 6.20 Å². The first-order valence-electron chi connectivity index (χ1n) is 4.13. The van der Waals surface area contributed by atoms with Gasteiger partial charge >= 0.3 is 0 Å². The summed E-state index contributed by atoms with van der Waals surface area (Å²) in [6, 6.07) is 8.11. The maximum atomic E-state index is 5.53. The van der Waals surface area contributed by atoms with Gasteiger partial charge in [-0.3, -0.25) is 0 Å². The van der Waals surface area contributed by atoms with Crippen LogP contribution in [0.5, 0.6) is 0 Å². The molecule has 0 radical (unpaired) electrons. The normalized spacial score (nSPS) is 10.2. The van der Waals surface area contributed by atoms with Crippen molar-refractivity contribution in [2.24, 2.45) is 0 Å². The van der Waals surface area contributed by atoms with Crippen LogP contribution in [0.4, 0.5) is 5.82 Å². The van der Waals surface area contributed by atoms with Crippen LogP contribution >= 0.6 is 0 Å². The van der Waals surface area contributed by atoms with E-state index in [2.05, 4.69) is 18.0 Å². The molecular weight excluding hydrogens is 162 g/mol. The van der Waals surface area contributed by atoms with E-state index in [1.807, 2.05) is 29.0 Å². The highest BCUT2D eigenvalue weighted by Crippen LogP contribution is 2.13. The number of imidazole rings is 1. The molecule has 1 heterocycles. The minimum atomic E-state index is 0.545. The van der Waals surface area contributed by atoms with E-state index in [1.165, 1.54) is 5.56 Å². The number of aromatic nitrogens is 2. The molecule has 2 N–H and O–H groups in total. The van der Waals surface area contributed by atoms with Gasteiger partial charge < -0.3 is 10.3 Å². The molecule has 2 aromatic rings. The van der Waals surface area contributed by atoms with E-state index < -0.39 is 0 Å². The van der Waals surface area contributed by atoms with Crippen molar-refractivity contribution >= 4 is 5.82 Å². The largest absolute Gasteiger partial charge is 0.382 e. The minimum Gasteiger partial charge on any atom is -0.382 e. The zero-order valence-corrected chi connectivity index (χ0v) is 7.44. The second kappa shape index (κ2) is 2.94. The van der Waals surface area contributed by atoms with Crippen LogP contribution in [-0.2, 0) is 0 Å². The Kier molecular flexibility index (Phi) is 1.77. The summed E-state index contributed by atoms with van der Waals surface area (Å²) in [6.07, 6.45) is 3.53. The van der Waals surface area contributed by atoms with Crippen molar-refractivity contribution in [3.8, 4) is 5.69 Å². The number of rotatable bonds is 1. The monoisotopic (exact) mass is 173 g/mol. The van der Waals surface area contributed by atoms with Crippen molar-refractivity contribution in [3.05, 3.63) is 42.4 Å². The minimum absolute atomic E-state index is 0.545. The molecule has 0 spiro atoms. The van der Waals surface area contributed by atoms with Gasteiger partial charge in [-0.2, -0.15) is 0 Å². The van der Waals surface area contributed by atoms with Gasteiger partial charge in [0.25, 0.3) is 0 Å². The van der Waals surface area contributed by atoms with Crippen LogP contribution < -0.4 is 5.73 Å². The highest BCUT2D eigenvalue weighted by atomic mass is 15.1. The molecule has 66 valence electrons. The Morgan fingerprint density at radius 2 is 2.08 bits per heavy atom. The van der Waals surface area contributed by atoms with Gasteiger partial charge in [0.15, 0.2) is 0 Å². The van der Waals surface area contributed by atoms with Crippen LogP contribution in [0.2, 0.25) is 0 Å². The molecule has 0 amide bonds. The van der Waals surface area contributed by atoms with Crippen LogP contribution in [0.15, 0.2) is 36.8 Å². The topological polar surface area (TPSA) is 43.8 Å². The highest BCUT2D eigenvalue weighted by Gasteiger charge is 1.99. The number of hydrogen-bond acceptors (Lipinski definition) is 2. The lowest BCUT2D eigenvalue weighted by Gasteiger charge is -2.04. The maximum absolute atomic E-state index is 5.53. The van der Waals surface area contributed by atoms with Gasteiger partial charge in [0, 0.05) is 5.69 Å². The van der Waals surface area contributed by atoms with Crippen LogP contribution in [-0.4, -0.2) is 9.55 Å². The summed E-state index contributed by atoms with van der Waals surface area (Å²) in [5, 5.41) is 0. The number of aryl methyl sites for hydroxylation is 1. The van der Waals surface area contributed by atoms with E-state index >= 15 is 0 Å². The van der Waals surface area contributed by atoms with Crippen molar-refractivity contribution in [1.82, 2.24) is 9.55 Å². The first kappa shape index (κ1) is 7.86. The summed E-state index contributed by atoms with van der Waals surface area (Å²) >= 11 is 0. The summed E-state index contributed by atoms with van der Waals surface area (Å²) in [6.45, 7) is 2.06. The molecule has 0 aliphatic rings. The molecule has 1 aromatic carbocycles. The summed E-state index contributed by atoms with van der Waals surface area (Å²) < 4.78 is 1.92. The first-order valence-corrected chi connectivity index (χ1v) is 4.13. The van der Waals surface area contributed by atoms with E-state index in [0.29, 0.717) is 5.82 Å². The molecular formula is C10H11N3. The Labute approximate surface area is 76.8 Å². The number of nitrogens with two attached hydrogens (primary N) is 1. The number of benzene rings is 1. The van der Waals surface area contributed by atoms with Crippen LogP contribution in [0.1, 0.15) is 5.56 Å². The molecule has 0 aliphatic heterocycles. The molecule has 0 unspecified atom stereocenters. The molecule has 0 fully saturated rings. The fourth-order valence-corrected chi connectivity index (χ4v) is 1.32. The molecule has 0 saturated carbocycles. The van der Waals surface area contributed by atoms with E-state index in [1.54, 1.807) is 6.33 Å². The Morgan fingerprint density at radius 3 is 2.69 bits per heavy atom. The average Bonchev–Trinajstić information content (AvgIpc) is 2.53. The predicted molar refractivity (Wildman–Crippen MR) is 52.7 cm³/mol. The summed E-state index contributed by atoms with van der Waals surface area (Å²) in [7, 11) is 0. The molecule has 0 aliphatic carbocycles. The lowest BCUT2D eigenvalue weighted by molar-refractivity contribution is 1.04. The number of hydrogen-bond donors (Lipinski definition) is 1. The first-order chi connectivity index (χ1) is 6.27. The number of para-hydroxylation sites is 1. The summed E-state index contributed by atoms with van der Waals surface area (Å²) in [5.41, 5.74) is 7.86. The SMILES string of the molecule is Cc1ccccc1-n1cnc(N)c1. The molecule has 0 saturated heterocycles. The fraction of sp³-hybridized carbons (Fsp3) is 0.100. The molecule has 13 heavy (non-hydrogen) atoms. The lowest BCUT2D eigenvalue weighted by Crippen LogP contribution is -1.92. The zero-order valence-electron chi connectivity index (χ0n) is 7.44. The third-order valence-electron chi connectivity index (χ3n) is 2.00. The number of anilines is 1. The van der Waals surface area contributed by atoms with Gasteiger partial charge in [0.2, 0.25) is 0 Å². The molecule has 1 aromatic heterocycles. The van der Waals surface area contributed by atoms with Crippen LogP contribution in [0, 0.1) is 6.92 Å².